The first kappa shape index (κ1) is 28.5. The summed E-state index contributed by atoms with van der Waals surface area (Å²) < 4.78 is 17.2. The van der Waals surface area contributed by atoms with Crippen LogP contribution in [0.4, 0.5) is 0 Å². The number of hydrogen-bond donors (Lipinski definition) is 1. The Labute approximate surface area is 243 Å². The molecule has 0 bridgehead atoms. The number of aliphatic hydroxyl groups excluding tert-OH is 1. The van der Waals surface area contributed by atoms with E-state index in [1.165, 1.54) is 7.11 Å². The van der Waals surface area contributed by atoms with Crippen LogP contribution in [0, 0.1) is 0 Å². The predicted molar refractivity (Wildman–Crippen MR) is 157 cm³/mol. The fraction of sp³-hybridized carbons (Fsp3) is 0.138. The second-order valence-electron chi connectivity index (χ2n) is 8.05. The number of halogens is 2. The summed E-state index contributed by atoms with van der Waals surface area (Å²) in [6.45, 7) is 1.98. The molecule has 0 aromatic heterocycles. The van der Waals surface area contributed by atoms with E-state index >= 15 is 0 Å². The van der Waals surface area contributed by atoms with Crippen LogP contribution in [0.25, 0.3) is 6.08 Å². The van der Waals surface area contributed by atoms with E-state index in [2.05, 4.69) is 20.9 Å². The normalized spacial score (nSPS) is 15.1. The summed E-state index contributed by atoms with van der Waals surface area (Å²) >= 11 is 10.8. The number of benzene rings is 3. The lowest BCUT2D eigenvalue weighted by atomic mass is 10.1. The van der Waals surface area contributed by atoms with Crippen molar-refractivity contribution in [1.29, 1.82) is 0 Å². The quantitative estimate of drug-likeness (QED) is 0.260. The van der Waals surface area contributed by atoms with E-state index in [4.69, 9.17) is 25.8 Å². The second kappa shape index (κ2) is 13.0. The molecule has 0 aliphatic carbocycles. The van der Waals surface area contributed by atoms with E-state index in [-0.39, 0.29) is 29.6 Å². The van der Waals surface area contributed by atoms with Crippen molar-refractivity contribution in [2.75, 3.05) is 13.7 Å². The van der Waals surface area contributed by atoms with Crippen LogP contribution in [0.1, 0.15) is 28.4 Å². The van der Waals surface area contributed by atoms with Gasteiger partial charge in [-0.2, -0.15) is 0 Å². The molecule has 39 heavy (non-hydrogen) atoms. The summed E-state index contributed by atoms with van der Waals surface area (Å²) in [4.78, 5) is 29.8. The third kappa shape index (κ3) is 6.73. The molecule has 7 nitrogen and oxygen atoms in total. The van der Waals surface area contributed by atoms with Gasteiger partial charge in [-0.1, -0.05) is 75.7 Å². The van der Waals surface area contributed by atoms with Crippen molar-refractivity contribution in [3.63, 3.8) is 0 Å². The zero-order valence-electron chi connectivity index (χ0n) is 20.9. The molecule has 10 heteroatoms. The minimum atomic E-state index is -0.773. The van der Waals surface area contributed by atoms with Gasteiger partial charge in [0.2, 0.25) is 0 Å². The lowest BCUT2D eigenvalue weighted by Gasteiger charge is -2.14. The van der Waals surface area contributed by atoms with Crippen molar-refractivity contribution in [2.45, 2.75) is 13.5 Å². The Morgan fingerprint density at radius 3 is 2.49 bits per heavy atom. The number of ether oxygens (including phenoxy) is 3. The fourth-order valence-corrected chi connectivity index (χ4v) is 5.21. The molecule has 0 radical (unpaired) electrons. The third-order valence-corrected chi connectivity index (χ3v) is 7.58. The number of rotatable bonds is 8. The van der Waals surface area contributed by atoms with Gasteiger partial charge in [-0.05, 0) is 48.9 Å². The number of hydrogen-bond acceptors (Lipinski definition) is 7. The van der Waals surface area contributed by atoms with Crippen LogP contribution in [0.5, 0.6) is 11.5 Å². The maximum atomic E-state index is 12.7. The van der Waals surface area contributed by atoms with Gasteiger partial charge in [0.05, 0.1) is 18.6 Å². The molecule has 1 heterocycles. The number of esters is 1. The number of nitrogens with zero attached hydrogens (tertiary/aromatic N) is 1. The van der Waals surface area contributed by atoms with Gasteiger partial charge in [0.1, 0.15) is 23.0 Å². The van der Waals surface area contributed by atoms with Crippen LogP contribution in [-0.4, -0.2) is 35.7 Å². The maximum Gasteiger partial charge on any atom is 0.344 e. The van der Waals surface area contributed by atoms with Gasteiger partial charge in [0.25, 0.3) is 5.91 Å². The predicted octanol–water partition coefficient (Wildman–Crippen LogP) is 7.39. The Bertz CT molecular complexity index is 1500. The molecular formula is C29H23BrClNO6S. The minimum absolute atomic E-state index is 0.0498. The first-order chi connectivity index (χ1) is 18.8. The monoisotopic (exact) mass is 627 g/mol. The number of carbonyl (C=O) groups excluding carboxylic acids is 2. The van der Waals surface area contributed by atoms with Gasteiger partial charge in [0, 0.05) is 20.6 Å². The number of methoxy groups -OCH3 is 1. The lowest BCUT2D eigenvalue weighted by Crippen LogP contribution is -2.14. The zero-order valence-corrected chi connectivity index (χ0v) is 24.1. The van der Waals surface area contributed by atoms with Gasteiger partial charge >= 0.3 is 5.97 Å². The van der Waals surface area contributed by atoms with Crippen LogP contribution in [-0.2, 0) is 16.1 Å². The molecule has 0 atom stereocenters. The molecule has 200 valence electrons. The molecule has 3 aromatic rings. The highest BCUT2D eigenvalue weighted by Gasteiger charge is 2.34. The first-order valence-electron chi connectivity index (χ1n) is 11.7. The number of aliphatic imine (C=N–C) groups is 1. The van der Waals surface area contributed by atoms with Crippen LogP contribution in [0.15, 0.2) is 92.4 Å². The highest BCUT2D eigenvalue weighted by molar-refractivity contribution is 9.10. The molecule has 1 aliphatic heterocycles. The summed E-state index contributed by atoms with van der Waals surface area (Å²) in [6, 6.07) is 19.3. The summed E-state index contributed by atoms with van der Waals surface area (Å²) in [5.74, 6) is -0.721. The first-order valence-corrected chi connectivity index (χ1v) is 13.7. The zero-order chi connectivity index (χ0) is 27.9. The molecule has 1 aliphatic rings. The molecule has 0 saturated carbocycles. The Hall–Kier alpha value is -3.53. The molecule has 4 rings (SSSR count). The fourth-order valence-electron chi connectivity index (χ4n) is 3.58. The molecule has 0 unspecified atom stereocenters. The molecule has 1 N–H and O–H groups in total. The average molecular weight is 629 g/mol. The van der Waals surface area contributed by atoms with Crippen molar-refractivity contribution < 1.29 is 28.9 Å². The van der Waals surface area contributed by atoms with E-state index in [1.54, 1.807) is 61.5 Å². The Morgan fingerprint density at radius 1 is 1.08 bits per heavy atom. The topological polar surface area (TPSA) is 94.4 Å². The summed E-state index contributed by atoms with van der Waals surface area (Å²) in [6.07, 6.45) is 1.65. The number of amides is 1. The lowest BCUT2D eigenvalue weighted by molar-refractivity contribution is -0.138. The smallest absolute Gasteiger partial charge is 0.344 e. The summed E-state index contributed by atoms with van der Waals surface area (Å²) in [5, 5.41) is 11.6. The SMILES string of the molecule is CCOC(=O)C1=C(O)/C(=C/c2cc(OC)c(OCc3ccccc3Cl)cc2Br)SC1=NC(=O)c1ccccc1. The summed E-state index contributed by atoms with van der Waals surface area (Å²) in [7, 11) is 1.52. The standard InChI is InChI=1S/C29H23BrClNO6S/c1-3-37-29(35)25-26(33)24(39-28(25)32-27(34)17-9-5-4-6-10-17)14-19-13-22(36-2)23(15-20(19)30)38-16-18-11-7-8-12-21(18)31/h4-15,33H,3,16H2,1-2H3/b24-14-,32-28?. The third-order valence-electron chi connectivity index (χ3n) is 5.50. The average Bonchev–Trinajstić information content (AvgIpc) is 3.24. The Kier molecular flexibility index (Phi) is 9.50. The molecule has 3 aromatic carbocycles. The molecule has 0 spiro atoms. The van der Waals surface area contributed by atoms with Gasteiger partial charge in [-0.15, -0.1) is 0 Å². The number of thioether (sulfide) groups is 1. The van der Waals surface area contributed by atoms with Crippen LogP contribution >= 0.6 is 39.3 Å². The molecule has 0 saturated heterocycles. The van der Waals surface area contributed by atoms with Crippen molar-refractivity contribution in [3.8, 4) is 11.5 Å². The van der Waals surface area contributed by atoms with Crippen LogP contribution in [0.3, 0.4) is 0 Å². The van der Waals surface area contributed by atoms with Crippen molar-refractivity contribution in [1.82, 2.24) is 0 Å². The second-order valence-corrected chi connectivity index (χ2v) is 10.3. The van der Waals surface area contributed by atoms with Crippen molar-refractivity contribution >= 4 is 62.3 Å². The highest BCUT2D eigenvalue weighted by atomic mass is 79.9. The van der Waals surface area contributed by atoms with Crippen molar-refractivity contribution in [3.05, 3.63) is 109 Å². The van der Waals surface area contributed by atoms with E-state index in [1.807, 2.05) is 18.2 Å². The van der Waals surface area contributed by atoms with Gasteiger partial charge in [-0.25, -0.2) is 9.79 Å². The van der Waals surface area contributed by atoms with Crippen molar-refractivity contribution in [2.24, 2.45) is 4.99 Å². The van der Waals surface area contributed by atoms with E-state index in [0.717, 1.165) is 17.3 Å². The number of carbonyl (C=O) groups is 2. The van der Waals surface area contributed by atoms with Gasteiger partial charge < -0.3 is 19.3 Å². The Morgan fingerprint density at radius 2 is 1.79 bits per heavy atom. The van der Waals surface area contributed by atoms with Crippen LogP contribution in [0.2, 0.25) is 5.02 Å². The molecular weight excluding hydrogens is 606 g/mol. The van der Waals surface area contributed by atoms with E-state index in [0.29, 0.717) is 37.0 Å². The highest BCUT2D eigenvalue weighted by Crippen LogP contribution is 2.42. The minimum Gasteiger partial charge on any atom is -0.506 e. The van der Waals surface area contributed by atoms with E-state index < -0.39 is 11.9 Å². The van der Waals surface area contributed by atoms with Crippen LogP contribution < -0.4 is 9.47 Å². The summed E-state index contributed by atoms with van der Waals surface area (Å²) in [5.41, 5.74) is 1.64. The van der Waals surface area contributed by atoms with Gasteiger partial charge in [-0.3, -0.25) is 4.79 Å². The number of aliphatic hydroxyl groups is 1. The molecule has 1 amide bonds. The van der Waals surface area contributed by atoms with Gasteiger partial charge in [0.15, 0.2) is 11.5 Å². The maximum absolute atomic E-state index is 12.7. The largest absolute Gasteiger partial charge is 0.506 e. The Balaban J connectivity index is 1.67. The van der Waals surface area contributed by atoms with E-state index in [9.17, 15) is 14.7 Å². The molecule has 0 fully saturated rings.